The fraction of sp³-hybridized carbons (Fsp3) is 0.318. The Balaban J connectivity index is 1.70. The van der Waals surface area contributed by atoms with Gasteiger partial charge in [-0.15, -0.1) is 0 Å². The molecule has 0 saturated heterocycles. The molecule has 0 bridgehead atoms. The number of alkyl halides is 3. The molecule has 0 amide bonds. The monoisotopic (exact) mass is 426 g/mol. The molecular formula is C22H19ClF4O2. The lowest BCUT2D eigenvalue weighted by Crippen LogP contribution is -2.11. The summed E-state index contributed by atoms with van der Waals surface area (Å²) in [5, 5.41) is -1.26. The molecule has 2 unspecified atom stereocenters. The molecule has 0 aliphatic heterocycles. The summed E-state index contributed by atoms with van der Waals surface area (Å²) in [7, 11) is 0. The number of esters is 1. The highest BCUT2D eigenvalue weighted by Crippen LogP contribution is 2.60. The summed E-state index contributed by atoms with van der Waals surface area (Å²) in [5.74, 6) is -2.63. The smallest absolute Gasteiger partial charge is 0.426 e. The lowest BCUT2D eigenvalue weighted by atomic mass is 10.0. The molecule has 0 radical (unpaired) electrons. The Morgan fingerprint density at radius 3 is 2.41 bits per heavy atom. The first kappa shape index (κ1) is 21.4. The second kappa shape index (κ2) is 7.82. The molecule has 3 rings (SSSR count). The molecule has 2 aromatic rings. The van der Waals surface area contributed by atoms with E-state index in [1.165, 1.54) is 6.07 Å². The van der Waals surface area contributed by atoms with Crippen molar-refractivity contribution in [1.82, 2.24) is 0 Å². The van der Waals surface area contributed by atoms with E-state index in [4.69, 9.17) is 16.3 Å². The summed E-state index contributed by atoms with van der Waals surface area (Å²) >= 11 is 5.29. The predicted molar refractivity (Wildman–Crippen MR) is 102 cm³/mol. The maximum absolute atomic E-state index is 14.8. The largest absolute Gasteiger partial charge is 0.460 e. The van der Waals surface area contributed by atoms with Crippen LogP contribution < -0.4 is 0 Å². The predicted octanol–water partition coefficient (Wildman–Crippen LogP) is 6.49. The van der Waals surface area contributed by atoms with Crippen molar-refractivity contribution >= 4 is 17.6 Å². The van der Waals surface area contributed by atoms with E-state index >= 15 is 0 Å². The molecule has 0 spiro atoms. The van der Waals surface area contributed by atoms with E-state index in [1.54, 1.807) is 50.2 Å². The molecule has 29 heavy (non-hydrogen) atoms. The van der Waals surface area contributed by atoms with Crippen molar-refractivity contribution in [3.8, 4) is 11.1 Å². The zero-order valence-corrected chi connectivity index (χ0v) is 16.5. The third-order valence-corrected chi connectivity index (χ3v) is 5.64. The van der Waals surface area contributed by atoms with Crippen LogP contribution in [0.1, 0.15) is 19.4 Å². The quantitative estimate of drug-likeness (QED) is 0.403. The minimum atomic E-state index is -4.66. The second-order valence-corrected chi connectivity index (χ2v) is 8.00. The van der Waals surface area contributed by atoms with Crippen LogP contribution in [0.2, 0.25) is 0 Å². The van der Waals surface area contributed by atoms with Gasteiger partial charge in [0.2, 0.25) is 0 Å². The number of hydrogen-bond donors (Lipinski definition) is 0. The maximum atomic E-state index is 14.8. The minimum Gasteiger partial charge on any atom is -0.460 e. The number of rotatable bonds is 5. The van der Waals surface area contributed by atoms with E-state index in [2.05, 4.69) is 0 Å². The highest BCUT2D eigenvalue weighted by molar-refractivity contribution is 6.30. The molecule has 154 valence electrons. The third-order valence-electron chi connectivity index (χ3n) is 5.29. The summed E-state index contributed by atoms with van der Waals surface area (Å²) in [6.45, 7) is 3.02. The van der Waals surface area contributed by atoms with Crippen molar-refractivity contribution in [3.05, 3.63) is 71.0 Å². The molecule has 1 fully saturated rings. The molecule has 1 aliphatic rings. The Hall–Kier alpha value is -2.34. The number of carbonyl (C=O) groups is 1. The topological polar surface area (TPSA) is 26.3 Å². The second-order valence-electron chi connectivity index (χ2n) is 7.59. The van der Waals surface area contributed by atoms with Crippen LogP contribution >= 0.6 is 11.6 Å². The number of halogens is 5. The lowest BCUT2D eigenvalue weighted by molar-refractivity contribution is -0.147. The van der Waals surface area contributed by atoms with E-state index in [1.807, 2.05) is 6.07 Å². The fourth-order valence-corrected chi connectivity index (χ4v) is 3.60. The number of allylic oxidation sites excluding steroid dienone is 2. The van der Waals surface area contributed by atoms with Gasteiger partial charge in [0.25, 0.3) is 0 Å². The fourth-order valence-electron chi connectivity index (χ4n) is 3.46. The van der Waals surface area contributed by atoms with Crippen molar-refractivity contribution in [1.29, 1.82) is 0 Å². The number of benzene rings is 2. The average Bonchev–Trinajstić information content (AvgIpc) is 3.20. The highest BCUT2D eigenvalue weighted by Gasteiger charge is 2.62. The van der Waals surface area contributed by atoms with Gasteiger partial charge in [0, 0.05) is 11.1 Å². The Bertz CT molecular complexity index is 936. The average molecular weight is 427 g/mol. The molecular weight excluding hydrogens is 408 g/mol. The Morgan fingerprint density at radius 2 is 1.79 bits per heavy atom. The van der Waals surface area contributed by atoms with Crippen molar-refractivity contribution in [2.45, 2.75) is 26.6 Å². The molecule has 1 aliphatic carbocycles. The van der Waals surface area contributed by atoms with Crippen molar-refractivity contribution in [2.75, 3.05) is 0 Å². The molecule has 0 N–H and O–H groups in total. The standard InChI is InChI=1S/C22H19ClF4O2/c1-21(2)16(11-17(23)22(25,26)27)18(21)20(28)29-12-14-9-6-10-15(19(14)24)13-7-4-3-5-8-13/h3-11,16,18H,12H2,1-2H3. The number of carbonyl (C=O) groups excluding carboxylic acids is 1. The van der Waals surface area contributed by atoms with E-state index < -0.39 is 40.2 Å². The zero-order chi connectivity index (χ0) is 21.4. The van der Waals surface area contributed by atoms with E-state index in [0.29, 0.717) is 11.1 Å². The van der Waals surface area contributed by atoms with Gasteiger partial charge in [-0.25, -0.2) is 4.39 Å². The summed E-state index contributed by atoms with van der Waals surface area (Å²) < 4.78 is 58.0. The first-order valence-corrected chi connectivity index (χ1v) is 9.35. The maximum Gasteiger partial charge on any atom is 0.426 e. The van der Waals surface area contributed by atoms with Crippen LogP contribution in [0.25, 0.3) is 11.1 Å². The Labute approximate surface area is 171 Å². The molecule has 7 heteroatoms. The minimum absolute atomic E-state index is 0.193. The molecule has 2 aromatic carbocycles. The van der Waals surface area contributed by atoms with E-state index in [0.717, 1.165) is 6.08 Å². The molecule has 2 nitrogen and oxygen atoms in total. The summed E-state index contributed by atoms with van der Waals surface area (Å²) in [5.41, 5.74) is 0.545. The first-order valence-electron chi connectivity index (χ1n) is 8.97. The zero-order valence-electron chi connectivity index (χ0n) is 15.8. The van der Waals surface area contributed by atoms with Gasteiger partial charge in [-0.05, 0) is 16.9 Å². The van der Waals surface area contributed by atoms with Crippen molar-refractivity contribution in [2.24, 2.45) is 17.3 Å². The normalized spacial score (nSPS) is 21.0. The summed E-state index contributed by atoms with van der Waals surface area (Å²) in [4.78, 5) is 12.4. The van der Waals surface area contributed by atoms with Crippen LogP contribution in [0.3, 0.4) is 0 Å². The van der Waals surface area contributed by atoms with Gasteiger partial charge in [-0.1, -0.05) is 80.1 Å². The summed E-state index contributed by atoms with van der Waals surface area (Å²) in [6.07, 6.45) is -3.81. The van der Waals surface area contributed by atoms with Gasteiger partial charge in [-0.3, -0.25) is 4.79 Å². The van der Waals surface area contributed by atoms with Crippen LogP contribution in [0.15, 0.2) is 59.6 Å². The van der Waals surface area contributed by atoms with Gasteiger partial charge in [-0.2, -0.15) is 13.2 Å². The first-order chi connectivity index (χ1) is 13.5. The van der Waals surface area contributed by atoms with Crippen LogP contribution in [0.5, 0.6) is 0 Å². The molecule has 2 atom stereocenters. The van der Waals surface area contributed by atoms with E-state index in [-0.39, 0.29) is 12.2 Å². The SMILES string of the molecule is CC1(C)C(C=C(Cl)C(F)(F)F)C1C(=O)OCc1cccc(-c2ccccc2)c1F. The molecule has 1 saturated carbocycles. The van der Waals surface area contributed by atoms with Crippen molar-refractivity contribution < 1.29 is 27.1 Å². The Kier molecular flexibility index (Phi) is 5.77. The van der Waals surface area contributed by atoms with Gasteiger partial charge < -0.3 is 4.74 Å². The summed E-state index contributed by atoms with van der Waals surface area (Å²) in [6, 6.07) is 13.7. The van der Waals surface area contributed by atoms with Gasteiger partial charge in [0.1, 0.15) is 17.5 Å². The third kappa shape index (κ3) is 4.47. The lowest BCUT2D eigenvalue weighted by Gasteiger charge is -2.10. The van der Waals surface area contributed by atoms with E-state index in [9.17, 15) is 22.4 Å². The van der Waals surface area contributed by atoms with Crippen LogP contribution in [-0.2, 0) is 16.1 Å². The highest BCUT2D eigenvalue weighted by atomic mass is 35.5. The molecule has 0 aromatic heterocycles. The van der Waals surface area contributed by atoms with Gasteiger partial charge in [0.05, 0.1) is 5.92 Å². The van der Waals surface area contributed by atoms with Crippen LogP contribution in [0, 0.1) is 23.1 Å². The molecule has 0 heterocycles. The van der Waals surface area contributed by atoms with Gasteiger partial charge >= 0.3 is 12.1 Å². The van der Waals surface area contributed by atoms with Gasteiger partial charge in [0.15, 0.2) is 0 Å². The Morgan fingerprint density at radius 1 is 1.14 bits per heavy atom. The number of ether oxygens (including phenoxy) is 1. The van der Waals surface area contributed by atoms with Crippen LogP contribution in [-0.4, -0.2) is 12.1 Å². The van der Waals surface area contributed by atoms with Crippen molar-refractivity contribution in [3.63, 3.8) is 0 Å². The van der Waals surface area contributed by atoms with Crippen LogP contribution in [0.4, 0.5) is 17.6 Å². The number of hydrogen-bond acceptors (Lipinski definition) is 2.